The van der Waals surface area contributed by atoms with Gasteiger partial charge in [-0.25, -0.2) is 4.39 Å². The molecule has 0 aliphatic carbocycles. The summed E-state index contributed by atoms with van der Waals surface area (Å²) in [4.78, 5) is 0. The van der Waals surface area contributed by atoms with E-state index in [1.54, 1.807) is 6.07 Å². The predicted molar refractivity (Wildman–Crippen MR) is 109 cm³/mol. The Morgan fingerprint density at radius 1 is 1.12 bits per heavy atom. The zero-order chi connectivity index (χ0) is 18.7. The number of hydrogen-bond acceptors (Lipinski definition) is 2. The van der Waals surface area contributed by atoms with Crippen LogP contribution in [0.1, 0.15) is 11.3 Å². The van der Waals surface area contributed by atoms with Gasteiger partial charge in [-0.05, 0) is 55.0 Å². The van der Waals surface area contributed by atoms with E-state index in [-0.39, 0.29) is 5.02 Å². The first-order valence-electron chi connectivity index (χ1n) is 7.72. The third-order valence-corrected chi connectivity index (χ3v) is 4.39. The van der Waals surface area contributed by atoms with Gasteiger partial charge in [0.05, 0.1) is 11.6 Å². The molecule has 0 saturated heterocycles. The molecule has 2 aromatic carbocycles. The SMILES string of the molecule is Cc1cc(NC(=S)Nc2ccc(F)c(Cl)c2)nn1Cc1ccc(Cl)cc1. The number of nitrogens with zero attached hydrogens (tertiary/aromatic N) is 2. The highest BCUT2D eigenvalue weighted by atomic mass is 35.5. The zero-order valence-corrected chi connectivity index (χ0v) is 16.1. The number of anilines is 2. The van der Waals surface area contributed by atoms with Crippen LogP contribution in [0.5, 0.6) is 0 Å². The van der Waals surface area contributed by atoms with E-state index < -0.39 is 5.82 Å². The van der Waals surface area contributed by atoms with Gasteiger partial charge in [-0.2, -0.15) is 5.10 Å². The number of aryl methyl sites for hydroxylation is 1. The third-order valence-electron chi connectivity index (χ3n) is 3.65. The molecule has 2 N–H and O–H groups in total. The van der Waals surface area contributed by atoms with Crippen molar-refractivity contribution in [2.75, 3.05) is 10.6 Å². The van der Waals surface area contributed by atoms with Crippen LogP contribution >= 0.6 is 35.4 Å². The van der Waals surface area contributed by atoms with E-state index in [4.69, 9.17) is 35.4 Å². The Balaban J connectivity index is 1.65. The predicted octanol–water partition coefficient (Wildman–Crippen LogP) is 5.49. The van der Waals surface area contributed by atoms with Crippen molar-refractivity contribution in [3.05, 3.63) is 75.7 Å². The first-order valence-corrected chi connectivity index (χ1v) is 8.89. The number of nitrogens with one attached hydrogen (secondary N) is 2. The molecule has 0 amide bonds. The van der Waals surface area contributed by atoms with Gasteiger partial charge in [-0.15, -0.1) is 0 Å². The molecule has 0 atom stereocenters. The van der Waals surface area contributed by atoms with Gasteiger partial charge in [-0.1, -0.05) is 35.3 Å². The van der Waals surface area contributed by atoms with E-state index in [0.717, 1.165) is 11.3 Å². The maximum absolute atomic E-state index is 13.2. The van der Waals surface area contributed by atoms with Crippen LogP contribution < -0.4 is 10.6 Å². The van der Waals surface area contributed by atoms with Crippen LogP contribution in [0.3, 0.4) is 0 Å². The molecule has 1 heterocycles. The summed E-state index contributed by atoms with van der Waals surface area (Å²) in [6.07, 6.45) is 0. The molecule has 3 aromatic rings. The fourth-order valence-electron chi connectivity index (χ4n) is 2.35. The lowest BCUT2D eigenvalue weighted by atomic mass is 10.2. The maximum atomic E-state index is 13.2. The van der Waals surface area contributed by atoms with Gasteiger partial charge >= 0.3 is 0 Å². The molecule has 0 radical (unpaired) electrons. The average molecular weight is 409 g/mol. The standard InChI is InChI=1S/C18H15Cl2FN4S/c1-11-8-17(24-25(11)10-12-2-4-13(19)5-3-12)23-18(26)22-14-6-7-16(21)15(20)9-14/h2-9H,10H2,1H3,(H2,22,23,24,26). The van der Waals surface area contributed by atoms with Gasteiger partial charge in [0.1, 0.15) is 5.82 Å². The minimum absolute atomic E-state index is 0.0286. The van der Waals surface area contributed by atoms with E-state index in [9.17, 15) is 4.39 Å². The summed E-state index contributed by atoms with van der Waals surface area (Å²) in [6.45, 7) is 2.59. The molecule has 4 nitrogen and oxygen atoms in total. The topological polar surface area (TPSA) is 41.9 Å². The van der Waals surface area contributed by atoms with E-state index in [2.05, 4.69) is 15.7 Å². The largest absolute Gasteiger partial charge is 0.332 e. The zero-order valence-electron chi connectivity index (χ0n) is 13.8. The van der Waals surface area contributed by atoms with Crippen LogP contribution in [0.25, 0.3) is 0 Å². The molecule has 0 spiro atoms. The second-order valence-corrected chi connectivity index (χ2v) is 6.91. The highest BCUT2D eigenvalue weighted by Crippen LogP contribution is 2.20. The van der Waals surface area contributed by atoms with Crippen LogP contribution in [0.4, 0.5) is 15.9 Å². The molecule has 3 rings (SSSR count). The number of aromatic nitrogens is 2. The Kier molecular flexibility index (Phi) is 5.76. The number of thiocarbonyl (C=S) groups is 1. The Labute approximate surface area is 165 Å². The van der Waals surface area contributed by atoms with Gasteiger partial charge in [-0.3, -0.25) is 4.68 Å². The lowest BCUT2D eigenvalue weighted by Crippen LogP contribution is -2.19. The number of rotatable bonds is 4. The summed E-state index contributed by atoms with van der Waals surface area (Å²) >= 11 is 16.9. The summed E-state index contributed by atoms with van der Waals surface area (Å²) in [6, 6.07) is 13.8. The summed E-state index contributed by atoms with van der Waals surface area (Å²) < 4.78 is 15.1. The van der Waals surface area contributed by atoms with Crippen molar-refractivity contribution in [1.82, 2.24) is 9.78 Å². The molecule has 26 heavy (non-hydrogen) atoms. The van der Waals surface area contributed by atoms with E-state index in [1.165, 1.54) is 12.1 Å². The lowest BCUT2D eigenvalue weighted by molar-refractivity contribution is 0.628. The molecule has 1 aromatic heterocycles. The van der Waals surface area contributed by atoms with E-state index in [0.29, 0.717) is 28.2 Å². The summed E-state index contributed by atoms with van der Waals surface area (Å²) in [7, 11) is 0. The molecule has 8 heteroatoms. The van der Waals surface area contributed by atoms with Crippen LogP contribution in [0.2, 0.25) is 10.0 Å². The minimum Gasteiger partial charge on any atom is -0.332 e. The van der Waals surface area contributed by atoms with Crippen molar-refractivity contribution in [3.63, 3.8) is 0 Å². The molecular formula is C18H15Cl2FN4S. The second-order valence-electron chi connectivity index (χ2n) is 5.66. The molecule has 0 saturated carbocycles. The molecule has 0 fully saturated rings. The van der Waals surface area contributed by atoms with Crippen molar-refractivity contribution >= 4 is 52.0 Å². The number of benzene rings is 2. The maximum Gasteiger partial charge on any atom is 0.176 e. The molecule has 0 aliphatic heterocycles. The third kappa shape index (κ3) is 4.72. The van der Waals surface area contributed by atoms with Gasteiger partial charge in [0.2, 0.25) is 0 Å². The Hall–Kier alpha value is -2.15. The fourth-order valence-corrected chi connectivity index (χ4v) is 2.88. The quantitative estimate of drug-likeness (QED) is 0.559. The lowest BCUT2D eigenvalue weighted by Gasteiger charge is -2.09. The van der Waals surface area contributed by atoms with Crippen LogP contribution in [-0.2, 0) is 6.54 Å². The molecule has 0 aliphatic rings. The first kappa shape index (κ1) is 18.6. The first-order chi connectivity index (χ1) is 12.4. The van der Waals surface area contributed by atoms with Crippen LogP contribution in [-0.4, -0.2) is 14.9 Å². The van der Waals surface area contributed by atoms with E-state index >= 15 is 0 Å². The van der Waals surface area contributed by atoms with E-state index in [1.807, 2.05) is 41.9 Å². The Morgan fingerprint density at radius 2 is 1.85 bits per heavy atom. The highest BCUT2D eigenvalue weighted by molar-refractivity contribution is 7.80. The summed E-state index contributed by atoms with van der Waals surface area (Å²) in [5.41, 5.74) is 2.66. The summed E-state index contributed by atoms with van der Waals surface area (Å²) in [5, 5.41) is 11.5. The van der Waals surface area contributed by atoms with Crippen molar-refractivity contribution in [1.29, 1.82) is 0 Å². The minimum atomic E-state index is -0.479. The van der Waals surface area contributed by atoms with Crippen molar-refractivity contribution < 1.29 is 4.39 Å². The van der Waals surface area contributed by atoms with Gasteiger partial charge in [0.25, 0.3) is 0 Å². The number of halogens is 3. The van der Waals surface area contributed by atoms with Gasteiger partial charge < -0.3 is 10.6 Å². The smallest absolute Gasteiger partial charge is 0.176 e. The normalized spacial score (nSPS) is 10.6. The van der Waals surface area contributed by atoms with Crippen molar-refractivity contribution in [2.45, 2.75) is 13.5 Å². The second kappa shape index (κ2) is 8.03. The highest BCUT2D eigenvalue weighted by Gasteiger charge is 2.08. The average Bonchev–Trinajstić information content (AvgIpc) is 2.92. The molecule has 134 valence electrons. The monoisotopic (exact) mass is 408 g/mol. The number of hydrogen-bond donors (Lipinski definition) is 2. The van der Waals surface area contributed by atoms with Crippen LogP contribution in [0, 0.1) is 12.7 Å². The Bertz CT molecular complexity index is 941. The molecule has 0 unspecified atom stereocenters. The van der Waals surface area contributed by atoms with Gasteiger partial charge in [0, 0.05) is 22.5 Å². The van der Waals surface area contributed by atoms with Crippen molar-refractivity contribution in [2.24, 2.45) is 0 Å². The Morgan fingerprint density at radius 3 is 2.54 bits per heavy atom. The molecular weight excluding hydrogens is 394 g/mol. The molecule has 0 bridgehead atoms. The van der Waals surface area contributed by atoms with Crippen LogP contribution in [0.15, 0.2) is 48.5 Å². The van der Waals surface area contributed by atoms with Gasteiger partial charge in [0.15, 0.2) is 10.9 Å². The summed E-state index contributed by atoms with van der Waals surface area (Å²) in [5.74, 6) is 0.134. The van der Waals surface area contributed by atoms with Crippen molar-refractivity contribution in [3.8, 4) is 0 Å². The fraction of sp³-hybridized carbons (Fsp3) is 0.111.